The zero-order chi connectivity index (χ0) is 16.0. The molecule has 0 fully saturated rings. The van der Waals surface area contributed by atoms with Crippen molar-refractivity contribution in [2.24, 2.45) is 0 Å². The zero-order valence-electron chi connectivity index (χ0n) is 12.9. The predicted octanol–water partition coefficient (Wildman–Crippen LogP) is 2.80. The summed E-state index contributed by atoms with van der Waals surface area (Å²) in [6.45, 7) is 4.57. The van der Waals surface area contributed by atoms with Gasteiger partial charge in [0.2, 0.25) is 10.0 Å². The number of benzene rings is 2. The monoisotopic (exact) mass is 319 g/mol. The lowest BCUT2D eigenvalue weighted by Gasteiger charge is -2.11. The van der Waals surface area contributed by atoms with Gasteiger partial charge in [0.15, 0.2) is 0 Å². The summed E-state index contributed by atoms with van der Waals surface area (Å²) in [6, 6.07) is 14.9. The SMILES string of the molecule is Cc1cccc(OCCNS(=O)(=O)Cc2ccccc2)c1C. The van der Waals surface area contributed by atoms with Crippen molar-refractivity contribution in [3.63, 3.8) is 0 Å². The molecule has 0 aromatic heterocycles. The minimum atomic E-state index is -3.34. The number of hydrogen-bond donors (Lipinski definition) is 1. The van der Waals surface area contributed by atoms with Crippen LogP contribution in [0.1, 0.15) is 16.7 Å². The van der Waals surface area contributed by atoms with Crippen LogP contribution < -0.4 is 9.46 Å². The molecule has 0 radical (unpaired) electrons. The van der Waals surface area contributed by atoms with Crippen LogP contribution in [-0.2, 0) is 15.8 Å². The molecule has 2 aromatic rings. The highest BCUT2D eigenvalue weighted by atomic mass is 32.2. The van der Waals surface area contributed by atoms with Gasteiger partial charge in [0, 0.05) is 6.54 Å². The van der Waals surface area contributed by atoms with E-state index >= 15 is 0 Å². The molecule has 22 heavy (non-hydrogen) atoms. The van der Waals surface area contributed by atoms with E-state index in [1.165, 1.54) is 0 Å². The Balaban J connectivity index is 1.82. The highest BCUT2D eigenvalue weighted by Crippen LogP contribution is 2.20. The third-order valence-corrected chi connectivity index (χ3v) is 4.79. The number of rotatable bonds is 7. The van der Waals surface area contributed by atoms with Gasteiger partial charge in [0.25, 0.3) is 0 Å². The standard InChI is InChI=1S/C17H21NO3S/c1-14-7-6-10-17(15(14)2)21-12-11-18-22(19,20)13-16-8-4-3-5-9-16/h3-10,18H,11-13H2,1-2H3. The molecule has 0 heterocycles. The Morgan fingerprint density at radius 3 is 2.45 bits per heavy atom. The van der Waals surface area contributed by atoms with Gasteiger partial charge in [0.1, 0.15) is 12.4 Å². The first kappa shape index (κ1) is 16.5. The first-order valence-corrected chi connectivity index (χ1v) is 8.83. The molecule has 0 amide bonds. The average molecular weight is 319 g/mol. The van der Waals surface area contributed by atoms with Gasteiger partial charge in [-0.1, -0.05) is 42.5 Å². The Bertz CT molecular complexity index is 712. The second kappa shape index (κ2) is 7.42. The summed E-state index contributed by atoms with van der Waals surface area (Å²) in [7, 11) is -3.34. The predicted molar refractivity (Wildman–Crippen MR) is 88.5 cm³/mol. The molecule has 5 heteroatoms. The maximum absolute atomic E-state index is 12.0. The Morgan fingerprint density at radius 1 is 1.00 bits per heavy atom. The molecule has 2 aromatic carbocycles. The van der Waals surface area contributed by atoms with Crippen LogP contribution in [-0.4, -0.2) is 21.6 Å². The average Bonchev–Trinajstić information content (AvgIpc) is 2.48. The van der Waals surface area contributed by atoms with Gasteiger partial charge in [-0.2, -0.15) is 0 Å². The van der Waals surface area contributed by atoms with Crippen molar-refractivity contribution >= 4 is 10.0 Å². The van der Waals surface area contributed by atoms with Gasteiger partial charge in [-0.05, 0) is 36.6 Å². The summed E-state index contributed by atoms with van der Waals surface area (Å²) in [4.78, 5) is 0. The van der Waals surface area contributed by atoms with E-state index in [9.17, 15) is 8.42 Å². The molecule has 4 nitrogen and oxygen atoms in total. The quantitative estimate of drug-likeness (QED) is 0.799. The Morgan fingerprint density at radius 2 is 1.73 bits per heavy atom. The maximum atomic E-state index is 12.0. The summed E-state index contributed by atoms with van der Waals surface area (Å²) >= 11 is 0. The van der Waals surface area contributed by atoms with Crippen LogP contribution in [0.4, 0.5) is 0 Å². The fourth-order valence-electron chi connectivity index (χ4n) is 2.08. The molecular weight excluding hydrogens is 298 g/mol. The Labute approximate surface area is 132 Å². The van der Waals surface area contributed by atoms with Crippen LogP contribution >= 0.6 is 0 Å². The molecule has 0 aliphatic heterocycles. The van der Waals surface area contributed by atoms with Gasteiger partial charge in [-0.3, -0.25) is 0 Å². The lowest BCUT2D eigenvalue weighted by molar-refractivity contribution is 0.320. The summed E-state index contributed by atoms with van der Waals surface area (Å²) in [5, 5.41) is 0. The van der Waals surface area contributed by atoms with Crippen molar-refractivity contribution in [3.05, 3.63) is 65.2 Å². The minimum absolute atomic E-state index is 0.0166. The molecule has 1 N–H and O–H groups in total. The van der Waals surface area contributed by atoms with E-state index in [4.69, 9.17) is 4.74 Å². The molecule has 0 unspecified atom stereocenters. The second-order valence-corrected chi connectivity index (χ2v) is 6.99. The molecular formula is C17H21NO3S. The van der Waals surface area contributed by atoms with E-state index < -0.39 is 10.0 Å². The normalized spacial score (nSPS) is 11.4. The number of ether oxygens (including phenoxy) is 1. The molecule has 0 saturated heterocycles. The maximum Gasteiger partial charge on any atom is 0.215 e. The summed E-state index contributed by atoms with van der Waals surface area (Å²) in [5.41, 5.74) is 3.00. The Kier molecular flexibility index (Phi) is 5.57. The highest BCUT2D eigenvalue weighted by molar-refractivity contribution is 7.88. The molecule has 0 spiro atoms. The number of aryl methyl sites for hydroxylation is 1. The molecule has 0 aliphatic rings. The van der Waals surface area contributed by atoms with Crippen molar-refractivity contribution in [2.75, 3.05) is 13.2 Å². The van der Waals surface area contributed by atoms with E-state index in [1.807, 2.05) is 50.2 Å². The lowest BCUT2D eigenvalue weighted by Crippen LogP contribution is -2.29. The van der Waals surface area contributed by atoms with Crippen LogP contribution in [0.3, 0.4) is 0 Å². The van der Waals surface area contributed by atoms with Gasteiger partial charge < -0.3 is 4.74 Å². The van der Waals surface area contributed by atoms with E-state index in [-0.39, 0.29) is 12.3 Å². The fourth-order valence-corrected chi connectivity index (χ4v) is 3.21. The highest BCUT2D eigenvalue weighted by Gasteiger charge is 2.10. The molecule has 2 rings (SSSR count). The van der Waals surface area contributed by atoms with Crippen molar-refractivity contribution in [1.29, 1.82) is 0 Å². The van der Waals surface area contributed by atoms with Crippen LogP contribution in [0.2, 0.25) is 0 Å². The zero-order valence-corrected chi connectivity index (χ0v) is 13.7. The van der Waals surface area contributed by atoms with Crippen molar-refractivity contribution in [2.45, 2.75) is 19.6 Å². The summed E-state index contributed by atoms with van der Waals surface area (Å²) in [6.07, 6.45) is 0. The molecule has 0 saturated carbocycles. The third kappa shape index (κ3) is 4.86. The van der Waals surface area contributed by atoms with E-state index in [0.29, 0.717) is 6.61 Å². The minimum Gasteiger partial charge on any atom is -0.492 e. The van der Waals surface area contributed by atoms with Crippen LogP contribution in [0.15, 0.2) is 48.5 Å². The first-order chi connectivity index (χ1) is 10.5. The lowest BCUT2D eigenvalue weighted by atomic mass is 10.1. The number of nitrogens with one attached hydrogen (secondary N) is 1. The summed E-state index contributed by atoms with van der Waals surface area (Å²) < 4.78 is 32.1. The van der Waals surface area contributed by atoms with Gasteiger partial charge >= 0.3 is 0 Å². The largest absolute Gasteiger partial charge is 0.492 e. The number of sulfonamides is 1. The van der Waals surface area contributed by atoms with Crippen molar-refractivity contribution in [1.82, 2.24) is 4.72 Å². The molecule has 0 bridgehead atoms. The molecule has 0 aliphatic carbocycles. The second-order valence-electron chi connectivity index (χ2n) is 5.19. The topological polar surface area (TPSA) is 55.4 Å². The van der Waals surface area contributed by atoms with Gasteiger partial charge in [-0.25, -0.2) is 13.1 Å². The van der Waals surface area contributed by atoms with Crippen LogP contribution in [0.25, 0.3) is 0 Å². The van der Waals surface area contributed by atoms with Crippen molar-refractivity contribution < 1.29 is 13.2 Å². The first-order valence-electron chi connectivity index (χ1n) is 7.18. The van der Waals surface area contributed by atoms with Gasteiger partial charge in [-0.15, -0.1) is 0 Å². The van der Waals surface area contributed by atoms with E-state index in [0.717, 1.165) is 22.4 Å². The van der Waals surface area contributed by atoms with Crippen LogP contribution in [0.5, 0.6) is 5.75 Å². The smallest absolute Gasteiger partial charge is 0.215 e. The van der Waals surface area contributed by atoms with Crippen molar-refractivity contribution in [3.8, 4) is 5.75 Å². The van der Waals surface area contributed by atoms with Gasteiger partial charge in [0.05, 0.1) is 5.75 Å². The van der Waals surface area contributed by atoms with E-state index in [2.05, 4.69) is 4.72 Å². The fraction of sp³-hybridized carbons (Fsp3) is 0.294. The van der Waals surface area contributed by atoms with Crippen LogP contribution in [0, 0.1) is 13.8 Å². The summed E-state index contributed by atoms with van der Waals surface area (Å²) in [5.74, 6) is 0.777. The Hall–Kier alpha value is -1.85. The number of hydrogen-bond acceptors (Lipinski definition) is 3. The molecule has 118 valence electrons. The molecule has 0 atom stereocenters. The van der Waals surface area contributed by atoms with E-state index in [1.54, 1.807) is 12.1 Å². The third-order valence-electron chi connectivity index (χ3n) is 3.44.